The lowest BCUT2D eigenvalue weighted by atomic mass is 10.1. The molecule has 0 atom stereocenters. The van der Waals surface area contributed by atoms with Gasteiger partial charge in [0.05, 0.1) is 25.1 Å². The van der Waals surface area contributed by atoms with E-state index in [0.29, 0.717) is 24.5 Å². The molecule has 0 aromatic heterocycles. The number of rotatable bonds is 6. The van der Waals surface area contributed by atoms with Crippen LogP contribution in [0.25, 0.3) is 0 Å². The number of carbonyl (C=O) groups excluding carboxylic acids is 1. The van der Waals surface area contributed by atoms with E-state index in [-0.39, 0.29) is 5.91 Å². The summed E-state index contributed by atoms with van der Waals surface area (Å²) >= 11 is 4.82. The van der Waals surface area contributed by atoms with E-state index in [1.165, 1.54) is 0 Å². The lowest BCUT2D eigenvalue weighted by Crippen LogP contribution is -2.38. The average molecular weight is 266 g/mol. The van der Waals surface area contributed by atoms with Crippen LogP contribution in [0.4, 0.5) is 0 Å². The van der Waals surface area contributed by atoms with Crippen LogP contribution in [-0.4, -0.2) is 36.0 Å². The molecule has 2 N–H and O–H groups in total. The Kier molecular flexibility index (Phi) is 5.58. The summed E-state index contributed by atoms with van der Waals surface area (Å²) in [4.78, 5) is 14.0. The summed E-state index contributed by atoms with van der Waals surface area (Å²) in [7, 11) is 1.61. The summed E-state index contributed by atoms with van der Waals surface area (Å²) in [6.45, 7) is 2.84. The van der Waals surface area contributed by atoms with Crippen molar-refractivity contribution in [2.24, 2.45) is 5.73 Å². The highest BCUT2D eigenvalue weighted by Crippen LogP contribution is 2.12. The Hall–Kier alpha value is -1.62. The van der Waals surface area contributed by atoms with E-state index in [1.54, 1.807) is 12.0 Å². The van der Waals surface area contributed by atoms with E-state index in [9.17, 15) is 4.79 Å². The van der Waals surface area contributed by atoms with Gasteiger partial charge in [-0.3, -0.25) is 4.79 Å². The minimum atomic E-state index is 0.0236. The van der Waals surface area contributed by atoms with Gasteiger partial charge < -0.3 is 15.4 Å². The zero-order valence-electron chi connectivity index (χ0n) is 10.7. The first-order chi connectivity index (χ1) is 8.56. The van der Waals surface area contributed by atoms with Crippen LogP contribution in [0.2, 0.25) is 0 Å². The summed E-state index contributed by atoms with van der Waals surface area (Å²) in [6.07, 6.45) is 0.348. The third-order valence-electron chi connectivity index (χ3n) is 2.60. The van der Waals surface area contributed by atoms with Gasteiger partial charge in [-0.05, 0) is 24.6 Å². The van der Waals surface area contributed by atoms with Gasteiger partial charge >= 0.3 is 0 Å². The minimum absolute atomic E-state index is 0.0236. The molecule has 5 heteroatoms. The molecule has 1 aromatic rings. The van der Waals surface area contributed by atoms with Gasteiger partial charge in [0.25, 0.3) is 0 Å². The fourth-order valence-corrected chi connectivity index (χ4v) is 1.75. The predicted molar refractivity (Wildman–Crippen MR) is 75.7 cm³/mol. The van der Waals surface area contributed by atoms with Crippen LogP contribution in [0.3, 0.4) is 0 Å². The van der Waals surface area contributed by atoms with Crippen LogP contribution in [-0.2, 0) is 11.2 Å². The summed E-state index contributed by atoms with van der Waals surface area (Å²) in [5.74, 6) is 0.803. The molecule has 0 spiro atoms. The Labute approximate surface area is 113 Å². The maximum absolute atomic E-state index is 12.0. The highest BCUT2D eigenvalue weighted by atomic mass is 32.1. The molecule has 1 amide bonds. The van der Waals surface area contributed by atoms with Crippen molar-refractivity contribution in [3.05, 3.63) is 29.8 Å². The number of carbonyl (C=O) groups is 1. The smallest absolute Gasteiger partial charge is 0.227 e. The second-order valence-corrected chi connectivity index (χ2v) is 4.42. The predicted octanol–water partition coefficient (Wildman–Crippen LogP) is 1.37. The summed E-state index contributed by atoms with van der Waals surface area (Å²) in [5.41, 5.74) is 6.41. The number of nitrogens with zero attached hydrogens (tertiary/aromatic N) is 1. The van der Waals surface area contributed by atoms with Crippen molar-refractivity contribution < 1.29 is 9.53 Å². The summed E-state index contributed by atoms with van der Waals surface area (Å²) in [6, 6.07) is 7.44. The molecule has 1 rings (SSSR count). The third kappa shape index (κ3) is 4.33. The molecule has 0 heterocycles. The Morgan fingerprint density at radius 3 is 2.44 bits per heavy atom. The van der Waals surface area contributed by atoms with Crippen molar-refractivity contribution >= 4 is 23.1 Å². The number of likely N-dealkylation sites (N-methyl/N-ethyl adjacent to an activating group) is 1. The summed E-state index contributed by atoms with van der Waals surface area (Å²) in [5, 5.41) is 0. The molecule has 1 aromatic carbocycles. The van der Waals surface area contributed by atoms with Crippen molar-refractivity contribution in [3.8, 4) is 5.75 Å². The second kappa shape index (κ2) is 6.96. The van der Waals surface area contributed by atoms with Crippen molar-refractivity contribution in [2.45, 2.75) is 13.3 Å². The van der Waals surface area contributed by atoms with Gasteiger partial charge in [-0.2, -0.15) is 0 Å². The molecule has 0 saturated heterocycles. The monoisotopic (exact) mass is 266 g/mol. The topological polar surface area (TPSA) is 55.6 Å². The quantitative estimate of drug-likeness (QED) is 0.790. The minimum Gasteiger partial charge on any atom is -0.497 e. The number of benzene rings is 1. The number of hydrogen-bond donors (Lipinski definition) is 1. The third-order valence-corrected chi connectivity index (χ3v) is 2.72. The van der Waals surface area contributed by atoms with E-state index >= 15 is 0 Å². The molecule has 0 fully saturated rings. The standard InChI is InChI=1S/C13H18N2O2S/c1-3-15(9-12(14)18)13(16)8-10-4-6-11(17-2)7-5-10/h4-7H,3,8-9H2,1-2H3,(H2,14,18). The maximum atomic E-state index is 12.0. The molecule has 0 radical (unpaired) electrons. The fraction of sp³-hybridized carbons (Fsp3) is 0.385. The Morgan fingerprint density at radius 2 is 2.00 bits per heavy atom. The van der Waals surface area contributed by atoms with Crippen molar-refractivity contribution in [2.75, 3.05) is 20.2 Å². The zero-order valence-corrected chi connectivity index (χ0v) is 11.5. The average Bonchev–Trinajstić information content (AvgIpc) is 2.36. The number of amides is 1. The van der Waals surface area contributed by atoms with Crippen molar-refractivity contribution in [3.63, 3.8) is 0 Å². The molecule has 98 valence electrons. The lowest BCUT2D eigenvalue weighted by Gasteiger charge is -2.20. The van der Waals surface area contributed by atoms with Crippen LogP contribution in [0.1, 0.15) is 12.5 Å². The van der Waals surface area contributed by atoms with Gasteiger partial charge in [0.2, 0.25) is 5.91 Å². The number of hydrogen-bond acceptors (Lipinski definition) is 3. The van der Waals surface area contributed by atoms with Gasteiger partial charge in [-0.25, -0.2) is 0 Å². The van der Waals surface area contributed by atoms with Crippen LogP contribution < -0.4 is 10.5 Å². The number of methoxy groups -OCH3 is 1. The number of ether oxygens (including phenoxy) is 1. The summed E-state index contributed by atoms with van der Waals surface area (Å²) < 4.78 is 5.07. The van der Waals surface area contributed by atoms with Crippen LogP contribution in [0.15, 0.2) is 24.3 Å². The van der Waals surface area contributed by atoms with Crippen molar-refractivity contribution in [1.82, 2.24) is 4.90 Å². The fourth-order valence-electron chi connectivity index (χ4n) is 1.59. The van der Waals surface area contributed by atoms with Gasteiger partial charge in [-0.15, -0.1) is 0 Å². The van der Waals surface area contributed by atoms with E-state index < -0.39 is 0 Å². The molecule has 0 aliphatic carbocycles. The zero-order chi connectivity index (χ0) is 13.5. The van der Waals surface area contributed by atoms with Gasteiger partial charge in [0.1, 0.15) is 5.75 Å². The van der Waals surface area contributed by atoms with Gasteiger partial charge in [0, 0.05) is 6.54 Å². The highest BCUT2D eigenvalue weighted by Gasteiger charge is 2.12. The first-order valence-corrected chi connectivity index (χ1v) is 6.16. The largest absolute Gasteiger partial charge is 0.497 e. The van der Waals surface area contributed by atoms with E-state index in [2.05, 4.69) is 0 Å². The van der Waals surface area contributed by atoms with E-state index in [0.717, 1.165) is 11.3 Å². The van der Waals surface area contributed by atoms with Crippen LogP contribution in [0, 0.1) is 0 Å². The molecule has 0 bridgehead atoms. The molecule has 18 heavy (non-hydrogen) atoms. The van der Waals surface area contributed by atoms with Gasteiger partial charge in [-0.1, -0.05) is 24.4 Å². The van der Waals surface area contributed by atoms with Crippen LogP contribution >= 0.6 is 12.2 Å². The molecule has 0 unspecified atom stereocenters. The van der Waals surface area contributed by atoms with E-state index in [4.69, 9.17) is 22.7 Å². The molecule has 4 nitrogen and oxygen atoms in total. The number of thiocarbonyl (C=S) groups is 1. The van der Waals surface area contributed by atoms with Crippen molar-refractivity contribution in [1.29, 1.82) is 0 Å². The second-order valence-electron chi connectivity index (χ2n) is 3.90. The Morgan fingerprint density at radius 1 is 1.39 bits per heavy atom. The maximum Gasteiger partial charge on any atom is 0.227 e. The molecular formula is C13H18N2O2S. The number of nitrogens with two attached hydrogens (primary N) is 1. The van der Waals surface area contributed by atoms with E-state index in [1.807, 2.05) is 31.2 Å². The molecule has 0 aliphatic heterocycles. The SMILES string of the molecule is CCN(CC(N)=S)C(=O)Cc1ccc(OC)cc1. The first-order valence-electron chi connectivity index (χ1n) is 5.75. The first kappa shape index (κ1) is 14.4. The van der Waals surface area contributed by atoms with Crippen LogP contribution in [0.5, 0.6) is 5.75 Å². The molecule has 0 aliphatic rings. The highest BCUT2D eigenvalue weighted by molar-refractivity contribution is 7.80. The lowest BCUT2D eigenvalue weighted by molar-refractivity contribution is -0.129. The van der Waals surface area contributed by atoms with Gasteiger partial charge in [0.15, 0.2) is 0 Å². The molecular weight excluding hydrogens is 248 g/mol. The Balaban J connectivity index is 2.64. The Bertz CT molecular complexity index is 418. The molecule has 0 saturated carbocycles. The normalized spacial score (nSPS) is 9.89.